The number of benzene rings is 1. The third kappa shape index (κ3) is 7.80. The van der Waals surface area contributed by atoms with Gasteiger partial charge in [0.05, 0.1) is 5.75 Å². The van der Waals surface area contributed by atoms with E-state index < -0.39 is 5.82 Å². The fourth-order valence-corrected chi connectivity index (χ4v) is 5.96. The number of amides is 2. The standard InChI is InChI=1S/C27H36ClFN6O2S/c1-19-7-3-4-11-33(19)12-6-10-30-25(36)18-38-27-31-23(28)16-24(32-27)34-13-14-35(20(2)17-34)26(37)21-8-5-9-22(29)15-21/h5,8-9,15-16,19-20H,3-4,6-7,10-14,17-18H2,1-2H3,(H,30,36). The van der Waals surface area contributed by atoms with Gasteiger partial charge in [0, 0.05) is 56.4 Å². The highest BCUT2D eigenvalue weighted by molar-refractivity contribution is 7.99. The van der Waals surface area contributed by atoms with Gasteiger partial charge < -0.3 is 20.0 Å². The average Bonchev–Trinajstić information content (AvgIpc) is 2.90. The van der Waals surface area contributed by atoms with Gasteiger partial charge in [-0.2, -0.15) is 0 Å². The predicted molar refractivity (Wildman–Crippen MR) is 149 cm³/mol. The molecule has 2 saturated heterocycles. The van der Waals surface area contributed by atoms with Crippen molar-refractivity contribution in [2.75, 3.05) is 49.9 Å². The Hall–Kier alpha value is -2.43. The number of piperidine rings is 1. The second-order valence-corrected chi connectivity index (χ2v) is 11.3. The third-order valence-corrected chi connectivity index (χ3v) is 8.20. The number of nitrogens with one attached hydrogen (secondary N) is 1. The molecule has 1 N–H and O–H groups in total. The minimum absolute atomic E-state index is 0.0510. The van der Waals surface area contributed by atoms with Gasteiger partial charge in [-0.05, 0) is 57.9 Å². The summed E-state index contributed by atoms with van der Waals surface area (Å²) in [4.78, 5) is 40.5. The Morgan fingerprint density at radius 2 is 1.97 bits per heavy atom. The normalized spacial score (nSPS) is 20.4. The molecule has 0 radical (unpaired) electrons. The van der Waals surface area contributed by atoms with Gasteiger partial charge in [-0.15, -0.1) is 0 Å². The number of piperazine rings is 1. The van der Waals surface area contributed by atoms with Crippen molar-refractivity contribution in [3.8, 4) is 0 Å². The van der Waals surface area contributed by atoms with Crippen molar-refractivity contribution in [2.45, 2.75) is 56.8 Å². The zero-order valence-corrected chi connectivity index (χ0v) is 23.6. The van der Waals surface area contributed by atoms with Crippen molar-refractivity contribution in [2.24, 2.45) is 0 Å². The minimum atomic E-state index is -0.427. The number of thioether (sulfide) groups is 1. The molecule has 1 aromatic carbocycles. The number of likely N-dealkylation sites (tertiary alicyclic amines) is 1. The molecule has 2 atom stereocenters. The molecule has 3 heterocycles. The maximum Gasteiger partial charge on any atom is 0.254 e. The molecule has 0 bridgehead atoms. The second kappa shape index (κ2) is 13.6. The molecular formula is C27H36ClFN6O2S. The van der Waals surface area contributed by atoms with E-state index in [1.54, 1.807) is 23.1 Å². The van der Waals surface area contributed by atoms with Gasteiger partial charge >= 0.3 is 0 Å². The van der Waals surface area contributed by atoms with E-state index in [1.807, 2.05) is 6.92 Å². The number of nitrogens with zero attached hydrogens (tertiary/aromatic N) is 5. The first-order chi connectivity index (χ1) is 18.3. The van der Waals surface area contributed by atoms with Gasteiger partial charge in [0.25, 0.3) is 5.91 Å². The summed E-state index contributed by atoms with van der Waals surface area (Å²) in [6, 6.07) is 7.98. The van der Waals surface area contributed by atoms with Crippen LogP contribution in [0.2, 0.25) is 5.15 Å². The Bertz CT molecular complexity index is 1120. The quantitative estimate of drug-likeness (QED) is 0.213. The molecule has 2 amide bonds. The minimum Gasteiger partial charge on any atom is -0.355 e. The number of carbonyl (C=O) groups is 2. The molecule has 38 heavy (non-hydrogen) atoms. The van der Waals surface area contributed by atoms with Crippen molar-refractivity contribution in [1.82, 2.24) is 25.1 Å². The molecule has 0 spiro atoms. The molecule has 11 heteroatoms. The Kier molecular flexibility index (Phi) is 10.2. The van der Waals surface area contributed by atoms with Crippen LogP contribution in [0.25, 0.3) is 0 Å². The monoisotopic (exact) mass is 562 g/mol. The topological polar surface area (TPSA) is 81.7 Å². The number of aromatic nitrogens is 2. The summed E-state index contributed by atoms with van der Waals surface area (Å²) in [5.74, 6) is 0.207. The number of halogens is 2. The van der Waals surface area contributed by atoms with E-state index in [2.05, 4.69) is 32.0 Å². The zero-order chi connectivity index (χ0) is 27.1. The maximum absolute atomic E-state index is 13.6. The molecule has 2 aliphatic rings. The van der Waals surface area contributed by atoms with Gasteiger partial charge in [-0.25, -0.2) is 14.4 Å². The molecule has 2 fully saturated rings. The Morgan fingerprint density at radius 1 is 1.13 bits per heavy atom. The first-order valence-corrected chi connectivity index (χ1v) is 14.7. The van der Waals surface area contributed by atoms with Crippen LogP contribution in [0.3, 0.4) is 0 Å². The zero-order valence-electron chi connectivity index (χ0n) is 22.0. The van der Waals surface area contributed by atoms with Crippen molar-refractivity contribution in [3.05, 3.63) is 46.9 Å². The molecule has 206 valence electrons. The highest BCUT2D eigenvalue weighted by Crippen LogP contribution is 2.25. The molecule has 4 rings (SSSR count). The van der Waals surface area contributed by atoms with Crippen molar-refractivity contribution in [1.29, 1.82) is 0 Å². The summed E-state index contributed by atoms with van der Waals surface area (Å²) >= 11 is 7.54. The van der Waals surface area contributed by atoms with Crippen LogP contribution in [0.1, 0.15) is 49.9 Å². The number of rotatable bonds is 9. The van der Waals surface area contributed by atoms with Crippen LogP contribution in [0, 0.1) is 5.82 Å². The van der Waals surface area contributed by atoms with Gasteiger partial charge in [-0.3, -0.25) is 9.59 Å². The molecule has 0 aliphatic carbocycles. The molecular weight excluding hydrogens is 527 g/mol. The Morgan fingerprint density at radius 3 is 2.74 bits per heavy atom. The molecule has 8 nitrogen and oxygen atoms in total. The fraction of sp³-hybridized carbons (Fsp3) is 0.556. The third-order valence-electron chi connectivity index (χ3n) is 7.16. The van der Waals surface area contributed by atoms with E-state index in [0.717, 1.165) is 19.5 Å². The van der Waals surface area contributed by atoms with Crippen LogP contribution in [0.4, 0.5) is 10.2 Å². The highest BCUT2D eigenvalue weighted by Gasteiger charge is 2.29. The summed E-state index contributed by atoms with van der Waals surface area (Å²) in [5.41, 5.74) is 0.341. The lowest BCUT2D eigenvalue weighted by atomic mass is 10.0. The summed E-state index contributed by atoms with van der Waals surface area (Å²) in [6.45, 7) is 8.62. The number of carbonyl (C=O) groups excluding carboxylic acids is 2. The molecule has 0 saturated carbocycles. The molecule has 2 aromatic rings. The number of anilines is 1. The van der Waals surface area contributed by atoms with Crippen LogP contribution >= 0.6 is 23.4 Å². The average molecular weight is 563 g/mol. The van der Waals surface area contributed by atoms with Crippen molar-refractivity contribution in [3.63, 3.8) is 0 Å². The molecule has 2 aliphatic heterocycles. The maximum atomic E-state index is 13.6. The van der Waals surface area contributed by atoms with Gasteiger partial charge in [0.2, 0.25) is 5.91 Å². The van der Waals surface area contributed by atoms with Crippen LogP contribution in [0.15, 0.2) is 35.5 Å². The first kappa shape index (κ1) is 28.6. The van der Waals surface area contributed by atoms with Crippen LogP contribution in [-0.4, -0.2) is 88.7 Å². The number of hydrogen-bond donors (Lipinski definition) is 1. The second-order valence-electron chi connectivity index (χ2n) is 10.0. The van der Waals surface area contributed by atoms with Crippen LogP contribution in [-0.2, 0) is 4.79 Å². The van der Waals surface area contributed by atoms with E-state index in [4.69, 9.17) is 11.6 Å². The van der Waals surface area contributed by atoms with E-state index in [1.165, 1.54) is 43.2 Å². The SMILES string of the molecule is CC1CCCCN1CCCNC(=O)CSc1nc(Cl)cc(N2CCN(C(=O)c3cccc(F)c3)C(C)C2)n1. The number of hydrogen-bond acceptors (Lipinski definition) is 7. The van der Waals surface area contributed by atoms with Crippen molar-refractivity contribution < 1.29 is 14.0 Å². The van der Waals surface area contributed by atoms with E-state index in [-0.39, 0.29) is 23.6 Å². The van der Waals surface area contributed by atoms with E-state index in [9.17, 15) is 14.0 Å². The lowest BCUT2D eigenvalue weighted by molar-refractivity contribution is -0.118. The fourth-order valence-electron chi connectivity index (χ4n) is 5.05. The van der Waals surface area contributed by atoms with E-state index in [0.29, 0.717) is 53.9 Å². The molecule has 2 unspecified atom stereocenters. The summed E-state index contributed by atoms with van der Waals surface area (Å²) < 4.78 is 13.6. The van der Waals surface area contributed by atoms with Gasteiger partial charge in [0.1, 0.15) is 16.8 Å². The predicted octanol–water partition coefficient (Wildman–Crippen LogP) is 4.09. The Labute approximate surface area is 233 Å². The van der Waals surface area contributed by atoms with Gasteiger partial charge in [-0.1, -0.05) is 35.9 Å². The summed E-state index contributed by atoms with van der Waals surface area (Å²) in [5, 5.41) is 3.74. The van der Waals surface area contributed by atoms with Crippen LogP contribution < -0.4 is 10.2 Å². The lowest BCUT2D eigenvalue weighted by Crippen LogP contribution is -2.54. The smallest absolute Gasteiger partial charge is 0.254 e. The van der Waals surface area contributed by atoms with Crippen LogP contribution in [0.5, 0.6) is 0 Å². The summed E-state index contributed by atoms with van der Waals surface area (Å²) in [6.07, 6.45) is 4.76. The Balaban J connectivity index is 1.25. The summed E-state index contributed by atoms with van der Waals surface area (Å²) in [7, 11) is 0. The van der Waals surface area contributed by atoms with Crippen molar-refractivity contribution >= 4 is 41.0 Å². The lowest BCUT2D eigenvalue weighted by Gasteiger charge is -2.40. The van der Waals surface area contributed by atoms with E-state index >= 15 is 0 Å². The highest BCUT2D eigenvalue weighted by atomic mass is 35.5. The molecule has 1 aromatic heterocycles. The largest absolute Gasteiger partial charge is 0.355 e. The first-order valence-electron chi connectivity index (χ1n) is 13.3. The van der Waals surface area contributed by atoms with Gasteiger partial charge in [0.15, 0.2) is 5.16 Å².